The van der Waals surface area contributed by atoms with Crippen LogP contribution in [0.15, 0.2) is 16.9 Å². The summed E-state index contributed by atoms with van der Waals surface area (Å²) in [4.78, 5) is 24.9. The molecule has 0 aliphatic carbocycles. The van der Waals surface area contributed by atoms with Crippen molar-refractivity contribution in [3.8, 4) is 0 Å². The number of nitrogens with two attached hydrogens (primary N) is 1. The molecule has 1 aliphatic rings. The lowest BCUT2D eigenvalue weighted by Crippen LogP contribution is -2.41. The number of piperidine rings is 1. The fourth-order valence-corrected chi connectivity index (χ4v) is 2.35. The van der Waals surface area contributed by atoms with E-state index < -0.39 is 0 Å². The number of rotatable bonds is 3. The van der Waals surface area contributed by atoms with E-state index >= 15 is 0 Å². The second-order valence-electron chi connectivity index (χ2n) is 4.64. The lowest BCUT2D eigenvalue weighted by atomic mass is 9.94. The normalized spacial score (nSPS) is 19.8. The summed E-state index contributed by atoms with van der Waals surface area (Å²) in [7, 11) is 0. The van der Waals surface area contributed by atoms with Crippen LogP contribution < -0.4 is 11.3 Å². The Morgan fingerprint density at radius 3 is 3.06 bits per heavy atom. The van der Waals surface area contributed by atoms with Gasteiger partial charge >= 0.3 is 0 Å². The van der Waals surface area contributed by atoms with Crippen LogP contribution in [0.5, 0.6) is 0 Å². The Balaban J connectivity index is 2.04. The van der Waals surface area contributed by atoms with Crippen LogP contribution in [-0.2, 0) is 0 Å². The molecule has 18 heavy (non-hydrogen) atoms. The van der Waals surface area contributed by atoms with Crippen molar-refractivity contribution in [2.45, 2.75) is 19.3 Å². The van der Waals surface area contributed by atoms with Crippen molar-refractivity contribution in [1.82, 2.24) is 15.1 Å². The van der Waals surface area contributed by atoms with Gasteiger partial charge in [-0.2, -0.15) is 5.10 Å². The van der Waals surface area contributed by atoms with Gasteiger partial charge in [-0.1, -0.05) is 0 Å². The summed E-state index contributed by atoms with van der Waals surface area (Å²) >= 11 is 0. The van der Waals surface area contributed by atoms with Crippen molar-refractivity contribution >= 4 is 5.91 Å². The van der Waals surface area contributed by atoms with Crippen LogP contribution in [0.25, 0.3) is 0 Å². The first-order chi connectivity index (χ1) is 8.70. The predicted molar refractivity (Wildman–Crippen MR) is 67.2 cm³/mol. The van der Waals surface area contributed by atoms with Crippen LogP contribution in [0.1, 0.15) is 29.8 Å². The molecule has 98 valence electrons. The fraction of sp³-hybridized carbons (Fsp3) is 0.583. The number of hydrogen-bond acceptors (Lipinski definition) is 4. The molecule has 0 spiro atoms. The molecule has 1 aromatic rings. The van der Waals surface area contributed by atoms with Gasteiger partial charge in [0, 0.05) is 19.2 Å². The zero-order valence-electron chi connectivity index (χ0n) is 10.3. The summed E-state index contributed by atoms with van der Waals surface area (Å²) in [5.74, 6) is 0.364. The molecule has 1 unspecified atom stereocenters. The van der Waals surface area contributed by atoms with Gasteiger partial charge in [-0.25, -0.2) is 5.10 Å². The van der Waals surface area contributed by atoms with Gasteiger partial charge in [-0.15, -0.1) is 0 Å². The van der Waals surface area contributed by atoms with Crippen molar-refractivity contribution in [2.75, 3.05) is 19.6 Å². The van der Waals surface area contributed by atoms with E-state index in [9.17, 15) is 9.59 Å². The molecule has 6 heteroatoms. The Labute approximate surface area is 105 Å². The highest BCUT2D eigenvalue weighted by molar-refractivity contribution is 5.92. The van der Waals surface area contributed by atoms with E-state index in [4.69, 9.17) is 5.73 Å². The zero-order valence-corrected chi connectivity index (χ0v) is 10.3. The maximum absolute atomic E-state index is 12.2. The van der Waals surface area contributed by atoms with E-state index in [-0.39, 0.29) is 11.5 Å². The lowest BCUT2D eigenvalue weighted by molar-refractivity contribution is 0.0662. The lowest BCUT2D eigenvalue weighted by Gasteiger charge is -2.32. The van der Waals surface area contributed by atoms with Crippen molar-refractivity contribution in [3.63, 3.8) is 0 Å². The second kappa shape index (κ2) is 5.77. The van der Waals surface area contributed by atoms with Gasteiger partial charge in [0.05, 0.1) is 0 Å². The average Bonchev–Trinajstić information content (AvgIpc) is 2.39. The van der Waals surface area contributed by atoms with Crippen LogP contribution in [-0.4, -0.2) is 40.6 Å². The first-order valence-corrected chi connectivity index (χ1v) is 6.26. The highest BCUT2D eigenvalue weighted by atomic mass is 16.2. The average molecular weight is 250 g/mol. The number of H-pyrrole nitrogens is 1. The van der Waals surface area contributed by atoms with E-state index in [2.05, 4.69) is 10.2 Å². The summed E-state index contributed by atoms with van der Waals surface area (Å²) in [6, 6.07) is 2.79. The first-order valence-electron chi connectivity index (χ1n) is 6.26. The van der Waals surface area contributed by atoms with E-state index in [0.717, 1.165) is 32.4 Å². The molecule has 0 saturated carbocycles. The summed E-state index contributed by atoms with van der Waals surface area (Å²) in [5.41, 5.74) is 5.55. The van der Waals surface area contributed by atoms with E-state index in [1.807, 2.05) is 0 Å². The van der Waals surface area contributed by atoms with Gasteiger partial charge in [-0.05, 0) is 37.8 Å². The van der Waals surface area contributed by atoms with Crippen molar-refractivity contribution in [1.29, 1.82) is 0 Å². The summed E-state index contributed by atoms with van der Waals surface area (Å²) < 4.78 is 0. The standard InChI is InChI=1S/C12H18N4O2/c13-6-5-9-2-1-7-16(8-9)12(18)10-3-4-11(17)15-14-10/h3-4,9H,1-2,5-8,13H2,(H,15,17). The summed E-state index contributed by atoms with van der Waals surface area (Å²) in [6.07, 6.45) is 3.07. The molecule has 1 fully saturated rings. The van der Waals surface area contributed by atoms with Crippen LogP contribution in [0, 0.1) is 5.92 Å². The second-order valence-corrected chi connectivity index (χ2v) is 4.64. The van der Waals surface area contributed by atoms with Gasteiger partial charge in [-0.3, -0.25) is 9.59 Å². The minimum atomic E-state index is -0.300. The number of amides is 1. The molecular formula is C12H18N4O2. The molecule has 1 amide bonds. The first kappa shape index (κ1) is 12.8. The highest BCUT2D eigenvalue weighted by Gasteiger charge is 2.24. The van der Waals surface area contributed by atoms with Gasteiger partial charge in [0.15, 0.2) is 0 Å². The monoisotopic (exact) mass is 250 g/mol. The largest absolute Gasteiger partial charge is 0.337 e. The number of nitrogens with zero attached hydrogens (tertiary/aromatic N) is 2. The van der Waals surface area contributed by atoms with Crippen molar-refractivity contribution < 1.29 is 4.79 Å². The zero-order chi connectivity index (χ0) is 13.0. The third-order valence-corrected chi connectivity index (χ3v) is 3.28. The quantitative estimate of drug-likeness (QED) is 0.788. The highest BCUT2D eigenvalue weighted by Crippen LogP contribution is 2.20. The van der Waals surface area contributed by atoms with Crippen LogP contribution in [0.4, 0.5) is 0 Å². The van der Waals surface area contributed by atoms with E-state index in [1.165, 1.54) is 12.1 Å². The fourth-order valence-electron chi connectivity index (χ4n) is 2.35. The maximum Gasteiger partial charge on any atom is 0.274 e. The number of likely N-dealkylation sites (tertiary alicyclic amines) is 1. The number of aromatic amines is 1. The van der Waals surface area contributed by atoms with Crippen molar-refractivity contribution in [2.24, 2.45) is 11.7 Å². The van der Waals surface area contributed by atoms with Crippen LogP contribution >= 0.6 is 0 Å². The Kier molecular flexibility index (Phi) is 4.09. The predicted octanol–water partition coefficient (Wildman–Crippen LogP) is -0.0291. The van der Waals surface area contributed by atoms with Crippen molar-refractivity contribution in [3.05, 3.63) is 28.2 Å². The maximum atomic E-state index is 12.2. The Hall–Kier alpha value is -1.69. The molecule has 1 aliphatic heterocycles. The van der Waals surface area contributed by atoms with E-state index in [0.29, 0.717) is 18.2 Å². The molecule has 6 nitrogen and oxygen atoms in total. The molecule has 0 radical (unpaired) electrons. The molecule has 2 rings (SSSR count). The number of carbonyl (C=O) groups excluding carboxylic acids is 1. The molecule has 0 bridgehead atoms. The number of aromatic nitrogens is 2. The molecule has 0 aromatic carbocycles. The Morgan fingerprint density at radius 1 is 1.56 bits per heavy atom. The van der Waals surface area contributed by atoms with Gasteiger partial charge in [0.2, 0.25) is 0 Å². The molecule has 1 aromatic heterocycles. The van der Waals surface area contributed by atoms with Gasteiger partial charge < -0.3 is 10.6 Å². The molecule has 2 heterocycles. The number of carbonyl (C=O) groups is 1. The number of hydrogen-bond donors (Lipinski definition) is 2. The topological polar surface area (TPSA) is 92.1 Å². The minimum Gasteiger partial charge on any atom is -0.337 e. The summed E-state index contributed by atoms with van der Waals surface area (Å²) in [5, 5.41) is 6.05. The van der Waals surface area contributed by atoms with Gasteiger partial charge in [0.25, 0.3) is 11.5 Å². The van der Waals surface area contributed by atoms with Crippen LogP contribution in [0.3, 0.4) is 0 Å². The minimum absolute atomic E-state index is 0.118. The Bertz CT molecular complexity index is 449. The third-order valence-electron chi connectivity index (χ3n) is 3.28. The molecular weight excluding hydrogens is 232 g/mol. The number of nitrogens with one attached hydrogen (secondary N) is 1. The molecule has 1 saturated heterocycles. The SMILES string of the molecule is NCCC1CCCN(C(=O)c2ccc(=O)[nH]n2)C1. The molecule has 1 atom stereocenters. The smallest absolute Gasteiger partial charge is 0.274 e. The Morgan fingerprint density at radius 2 is 2.39 bits per heavy atom. The third kappa shape index (κ3) is 2.95. The van der Waals surface area contributed by atoms with Crippen LogP contribution in [0.2, 0.25) is 0 Å². The van der Waals surface area contributed by atoms with E-state index in [1.54, 1.807) is 4.90 Å². The van der Waals surface area contributed by atoms with Gasteiger partial charge in [0.1, 0.15) is 5.69 Å². The molecule has 3 N–H and O–H groups in total. The summed E-state index contributed by atoms with van der Waals surface area (Å²) in [6.45, 7) is 2.14.